The van der Waals surface area contributed by atoms with Crippen LogP contribution in [-0.4, -0.2) is 25.3 Å². The molecule has 0 atom stereocenters. The van der Waals surface area contributed by atoms with E-state index in [2.05, 4.69) is 0 Å². The third-order valence-electron chi connectivity index (χ3n) is 1.59. The molecule has 4 nitrogen and oxygen atoms in total. The van der Waals surface area contributed by atoms with Gasteiger partial charge in [-0.25, -0.2) is 8.42 Å². The van der Waals surface area contributed by atoms with Crippen LogP contribution in [0.1, 0.15) is 5.56 Å². The van der Waals surface area contributed by atoms with Crippen molar-refractivity contribution in [2.75, 3.05) is 12.4 Å². The first-order valence-corrected chi connectivity index (χ1v) is 5.71. The molecule has 0 bridgehead atoms. The van der Waals surface area contributed by atoms with Gasteiger partial charge in [-0.15, -0.1) is 0 Å². The first-order chi connectivity index (χ1) is 6.58. The fourth-order valence-corrected chi connectivity index (χ4v) is 1.25. The molecule has 0 heterocycles. The maximum atomic E-state index is 10.2. The second-order valence-corrected chi connectivity index (χ2v) is 4.32. The number of ether oxygens (including phenoxy) is 1. The molecule has 0 fully saturated rings. The third kappa shape index (κ3) is 7.96. The van der Waals surface area contributed by atoms with Crippen LogP contribution in [-0.2, 0) is 21.5 Å². The Bertz CT molecular complexity index is 363. The summed E-state index contributed by atoms with van der Waals surface area (Å²) < 4.78 is 35.6. The zero-order chi connectivity index (χ0) is 10.4. The van der Waals surface area contributed by atoms with Gasteiger partial charge in [0.05, 0.1) is 29.1 Å². The quantitative estimate of drug-likeness (QED) is 0.330. The standard InChI is InChI=1S/C9H12O4S.Na/c10-14(11,12)7-6-13-8-9-4-2-1-3-5-9;/h1-5H,6-8H2,(H,10,11,12);/q;+1/p-1. The van der Waals surface area contributed by atoms with Crippen LogP contribution in [0.3, 0.4) is 0 Å². The van der Waals surface area contributed by atoms with Crippen molar-refractivity contribution in [3.8, 4) is 0 Å². The molecule has 0 saturated carbocycles. The Balaban J connectivity index is 0.00000196. The molecule has 0 unspecified atom stereocenters. The minimum absolute atomic E-state index is 0. The minimum atomic E-state index is -4.15. The van der Waals surface area contributed by atoms with Crippen molar-refractivity contribution in [2.45, 2.75) is 6.61 Å². The molecule has 0 amide bonds. The molecule has 0 N–H and O–H groups in total. The van der Waals surface area contributed by atoms with Gasteiger partial charge in [0, 0.05) is 0 Å². The predicted molar refractivity (Wildman–Crippen MR) is 50.7 cm³/mol. The molecule has 1 rings (SSSR count). The molecular weight excluding hydrogens is 227 g/mol. The molecular formula is C9H11NaO4S. The summed E-state index contributed by atoms with van der Waals surface area (Å²) in [5.41, 5.74) is 0.954. The number of hydrogen-bond acceptors (Lipinski definition) is 4. The van der Waals surface area contributed by atoms with Crippen molar-refractivity contribution in [2.24, 2.45) is 0 Å². The van der Waals surface area contributed by atoms with E-state index < -0.39 is 15.9 Å². The van der Waals surface area contributed by atoms with E-state index in [0.29, 0.717) is 6.61 Å². The van der Waals surface area contributed by atoms with Crippen molar-refractivity contribution in [3.05, 3.63) is 35.9 Å². The van der Waals surface area contributed by atoms with Crippen molar-refractivity contribution in [1.29, 1.82) is 0 Å². The van der Waals surface area contributed by atoms with Crippen LogP contribution in [0.4, 0.5) is 0 Å². The van der Waals surface area contributed by atoms with Crippen LogP contribution in [0.15, 0.2) is 30.3 Å². The summed E-state index contributed by atoms with van der Waals surface area (Å²) in [5, 5.41) is 0. The normalized spacial score (nSPS) is 10.7. The molecule has 0 aromatic heterocycles. The smallest absolute Gasteiger partial charge is 0.748 e. The monoisotopic (exact) mass is 238 g/mol. The predicted octanol–water partition coefficient (Wildman–Crippen LogP) is -2.25. The summed E-state index contributed by atoms with van der Waals surface area (Å²) in [6.45, 7) is 0.275. The van der Waals surface area contributed by atoms with Gasteiger partial charge in [0.1, 0.15) is 0 Å². The van der Waals surface area contributed by atoms with Crippen molar-refractivity contribution in [1.82, 2.24) is 0 Å². The molecule has 0 aliphatic rings. The zero-order valence-electron chi connectivity index (χ0n) is 8.55. The number of rotatable bonds is 5. The van der Waals surface area contributed by atoms with Crippen LogP contribution in [0, 0.1) is 0 Å². The Kier molecular flexibility index (Phi) is 7.42. The van der Waals surface area contributed by atoms with Gasteiger partial charge in [-0.05, 0) is 5.56 Å². The van der Waals surface area contributed by atoms with Crippen molar-refractivity contribution >= 4 is 10.1 Å². The van der Waals surface area contributed by atoms with Crippen LogP contribution in [0.5, 0.6) is 0 Å². The van der Waals surface area contributed by atoms with E-state index in [9.17, 15) is 13.0 Å². The van der Waals surface area contributed by atoms with Crippen LogP contribution in [0.2, 0.25) is 0 Å². The summed E-state index contributed by atoms with van der Waals surface area (Å²) >= 11 is 0. The van der Waals surface area contributed by atoms with Crippen LogP contribution >= 0.6 is 0 Å². The van der Waals surface area contributed by atoms with E-state index in [4.69, 9.17) is 4.74 Å². The first kappa shape index (κ1) is 15.1. The fourth-order valence-electron chi connectivity index (χ4n) is 0.925. The average molecular weight is 238 g/mol. The second kappa shape index (κ2) is 7.38. The van der Waals surface area contributed by atoms with Crippen LogP contribution in [0.25, 0.3) is 0 Å². The topological polar surface area (TPSA) is 66.4 Å². The molecule has 0 aliphatic carbocycles. The second-order valence-electron chi connectivity index (χ2n) is 2.80. The Morgan fingerprint density at radius 1 is 1.20 bits per heavy atom. The van der Waals surface area contributed by atoms with E-state index in [1.54, 1.807) is 0 Å². The van der Waals surface area contributed by atoms with Crippen molar-refractivity contribution < 1.29 is 47.3 Å². The molecule has 1 aromatic rings. The van der Waals surface area contributed by atoms with Gasteiger partial charge in [-0.1, -0.05) is 30.3 Å². The number of hydrogen-bond donors (Lipinski definition) is 0. The van der Waals surface area contributed by atoms with Gasteiger partial charge in [0.2, 0.25) is 0 Å². The van der Waals surface area contributed by atoms with Gasteiger partial charge in [0.15, 0.2) is 0 Å². The Morgan fingerprint density at radius 2 is 1.80 bits per heavy atom. The molecule has 1 aromatic carbocycles. The SMILES string of the molecule is O=S(=O)([O-])CCOCc1ccccc1.[Na+]. The van der Waals surface area contributed by atoms with E-state index in [-0.39, 0.29) is 36.2 Å². The minimum Gasteiger partial charge on any atom is -0.748 e. The maximum absolute atomic E-state index is 10.2. The Hall–Kier alpha value is 0.0900. The maximum Gasteiger partial charge on any atom is 1.00 e. The molecule has 0 radical (unpaired) electrons. The summed E-state index contributed by atoms with van der Waals surface area (Å²) in [4.78, 5) is 0. The largest absolute Gasteiger partial charge is 1.00 e. The van der Waals surface area contributed by atoms with E-state index in [1.807, 2.05) is 30.3 Å². The van der Waals surface area contributed by atoms with E-state index >= 15 is 0 Å². The van der Waals surface area contributed by atoms with Gasteiger partial charge in [0.25, 0.3) is 0 Å². The zero-order valence-corrected chi connectivity index (χ0v) is 11.4. The summed E-state index contributed by atoms with van der Waals surface area (Å²) in [6.07, 6.45) is 0. The molecule has 0 spiro atoms. The molecule has 0 aliphatic heterocycles. The number of benzene rings is 1. The summed E-state index contributed by atoms with van der Waals surface area (Å²) in [6, 6.07) is 9.34. The van der Waals surface area contributed by atoms with Gasteiger partial charge in [-0.3, -0.25) is 0 Å². The van der Waals surface area contributed by atoms with Gasteiger partial charge < -0.3 is 9.29 Å². The van der Waals surface area contributed by atoms with E-state index in [1.165, 1.54) is 0 Å². The molecule has 15 heavy (non-hydrogen) atoms. The summed E-state index contributed by atoms with van der Waals surface area (Å²) in [7, 11) is -4.15. The molecule has 6 heteroatoms. The van der Waals surface area contributed by atoms with Crippen LogP contribution < -0.4 is 29.6 Å². The Morgan fingerprint density at radius 3 is 2.33 bits per heavy atom. The van der Waals surface area contributed by atoms with Gasteiger partial charge >= 0.3 is 29.6 Å². The Labute approximate surface area is 112 Å². The first-order valence-electron chi connectivity index (χ1n) is 4.13. The third-order valence-corrected chi connectivity index (χ3v) is 2.26. The fraction of sp³-hybridized carbons (Fsp3) is 0.333. The average Bonchev–Trinajstić information content (AvgIpc) is 2.13. The molecule has 0 saturated heterocycles. The molecule has 78 valence electrons. The van der Waals surface area contributed by atoms with Gasteiger partial charge in [-0.2, -0.15) is 0 Å². The van der Waals surface area contributed by atoms with Crippen molar-refractivity contribution in [3.63, 3.8) is 0 Å². The summed E-state index contributed by atoms with van der Waals surface area (Å²) in [5.74, 6) is -0.472. The van der Waals surface area contributed by atoms with E-state index in [0.717, 1.165) is 5.56 Å².